The monoisotopic (exact) mass is 418 g/mol. The van der Waals surface area contributed by atoms with Crippen LogP contribution in [0.4, 0.5) is 0 Å². The minimum atomic E-state index is -0.309. The summed E-state index contributed by atoms with van der Waals surface area (Å²) >= 11 is 1.51. The second-order valence-corrected chi connectivity index (χ2v) is 8.22. The van der Waals surface area contributed by atoms with E-state index in [0.29, 0.717) is 5.56 Å². The van der Waals surface area contributed by atoms with Crippen molar-refractivity contribution in [2.45, 2.75) is 33.2 Å². The van der Waals surface area contributed by atoms with Crippen LogP contribution in [0.2, 0.25) is 0 Å². The largest absolute Gasteiger partial charge is 0.344 e. The topological polar surface area (TPSA) is 58.2 Å². The summed E-state index contributed by atoms with van der Waals surface area (Å²) in [5.41, 5.74) is 4.02. The number of benzene rings is 2. The molecule has 1 atom stereocenters. The van der Waals surface area contributed by atoms with Crippen LogP contribution in [0.5, 0.6) is 0 Å². The quantitative estimate of drug-likeness (QED) is 0.505. The Morgan fingerprint density at radius 1 is 0.967 bits per heavy atom. The van der Waals surface area contributed by atoms with Gasteiger partial charge in [-0.2, -0.15) is 0 Å². The molecule has 30 heavy (non-hydrogen) atoms. The lowest BCUT2D eigenvalue weighted by Gasteiger charge is -2.19. The van der Waals surface area contributed by atoms with E-state index in [4.69, 9.17) is 0 Å². The van der Waals surface area contributed by atoms with Crippen LogP contribution in [0.15, 0.2) is 71.7 Å². The Balaban J connectivity index is 1.82. The number of thiophene rings is 1. The summed E-state index contributed by atoms with van der Waals surface area (Å²) in [6, 6.07) is 19.1. The third-order valence-electron chi connectivity index (χ3n) is 4.83. The fourth-order valence-corrected chi connectivity index (χ4v) is 3.69. The van der Waals surface area contributed by atoms with Gasteiger partial charge in [-0.05, 0) is 55.5 Å². The van der Waals surface area contributed by atoms with Gasteiger partial charge in [0, 0.05) is 10.4 Å². The molecule has 0 bridgehead atoms. The van der Waals surface area contributed by atoms with Crippen molar-refractivity contribution in [3.8, 4) is 0 Å². The van der Waals surface area contributed by atoms with Gasteiger partial charge in [0.25, 0.3) is 11.8 Å². The molecule has 154 valence electrons. The van der Waals surface area contributed by atoms with Crippen molar-refractivity contribution in [1.82, 2.24) is 10.6 Å². The van der Waals surface area contributed by atoms with Crippen LogP contribution in [0.3, 0.4) is 0 Å². The highest BCUT2D eigenvalue weighted by molar-refractivity contribution is 7.10. The molecule has 0 aliphatic rings. The lowest BCUT2D eigenvalue weighted by molar-refractivity contribution is -0.118. The van der Waals surface area contributed by atoms with E-state index in [0.717, 1.165) is 22.4 Å². The molecule has 1 unspecified atom stereocenters. The predicted molar refractivity (Wildman–Crippen MR) is 123 cm³/mol. The van der Waals surface area contributed by atoms with Crippen LogP contribution < -0.4 is 10.6 Å². The molecule has 3 rings (SSSR count). The minimum Gasteiger partial charge on any atom is -0.344 e. The first-order valence-corrected chi connectivity index (χ1v) is 10.8. The zero-order chi connectivity index (χ0) is 21.5. The van der Waals surface area contributed by atoms with E-state index in [1.54, 1.807) is 18.2 Å². The van der Waals surface area contributed by atoms with E-state index < -0.39 is 0 Å². The van der Waals surface area contributed by atoms with Gasteiger partial charge in [0.2, 0.25) is 0 Å². The number of hydrogen-bond acceptors (Lipinski definition) is 3. The summed E-state index contributed by atoms with van der Waals surface area (Å²) in [4.78, 5) is 26.7. The molecule has 2 N–H and O–H groups in total. The molecule has 4 nitrogen and oxygen atoms in total. The number of rotatable bonds is 7. The summed E-state index contributed by atoms with van der Waals surface area (Å²) < 4.78 is 0. The van der Waals surface area contributed by atoms with Gasteiger partial charge < -0.3 is 10.6 Å². The molecule has 0 saturated heterocycles. The molecule has 0 radical (unpaired) electrons. The zero-order valence-corrected chi connectivity index (χ0v) is 18.3. The molecule has 2 amide bonds. The first kappa shape index (κ1) is 21.5. The number of aryl methyl sites for hydroxylation is 2. The lowest BCUT2D eigenvalue weighted by Crippen LogP contribution is -2.36. The second-order valence-electron chi connectivity index (χ2n) is 7.24. The molecule has 5 heteroatoms. The summed E-state index contributed by atoms with van der Waals surface area (Å²) in [7, 11) is 0. The Bertz CT molecular complexity index is 1020. The van der Waals surface area contributed by atoms with Crippen molar-refractivity contribution < 1.29 is 9.59 Å². The van der Waals surface area contributed by atoms with Crippen molar-refractivity contribution in [2.24, 2.45) is 0 Å². The Morgan fingerprint density at radius 3 is 2.17 bits per heavy atom. The Morgan fingerprint density at radius 2 is 1.60 bits per heavy atom. The maximum atomic E-state index is 13.1. The molecular formula is C25H26N2O2S. The van der Waals surface area contributed by atoms with Gasteiger partial charge in [-0.3, -0.25) is 9.59 Å². The molecule has 0 fully saturated rings. The molecule has 0 aliphatic heterocycles. The molecular weight excluding hydrogens is 392 g/mol. The molecule has 1 aromatic heterocycles. The fourth-order valence-electron chi connectivity index (χ4n) is 3.03. The van der Waals surface area contributed by atoms with Crippen molar-refractivity contribution in [3.05, 3.63) is 98.9 Å². The summed E-state index contributed by atoms with van der Waals surface area (Å²) in [6.07, 6.45) is 2.46. The van der Waals surface area contributed by atoms with Crippen molar-refractivity contribution in [3.63, 3.8) is 0 Å². The van der Waals surface area contributed by atoms with Gasteiger partial charge in [0.05, 0.1) is 6.04 Å². The molecule has 2 aromatic carbocycles. The van der Waals surface area contributed by atoms with E-state index in [1.807, 2.05) is 74.7 Å². The third kappa shape index (κ3) is 5.67. The van der Waals surface area contributed by atoms with Gasteiger partial charge >= 0.3 is 0 Å². The van der Waals surface area contributed by atoms with Crippen LogP contribution in [0.1, 0.15) is 51.3 Å². The number of hydrogen-bond donors (Lipinski definition) is 2. The van der Waals surface area contributed by atoms with E-state index >= 15 is 0 Å². The van der Waals surface area contributed by atoms with Crippen molar-refractivity contribution in [1.29, 1.82) is 0 Å². The SMILES string of the molecule is CCC(NC(=O)/C(=C/c1cccs1)NC(=O)c1ccc(C)cc1)c1ccc(C)cc1. The number of nitrogens with one attached hydrogen (secondary N) is 2. The normalized spacial score (nSPS) is 12.3. The highest BCUT2D eigenvalue weighted by atomic mass is 32.1. The van der Waals surface area contributed by atoms with Crippen molar-refractivity contribution in [2.75, 3.05) is 0 Å². The Kier molecular flexibility index (Phi) is 7.20. The average molecular weight is 419 g/mol. The van der Waals surface area contributed by atoms with E-state index in [-0.39, 0.29) is 23.6 Å². The molecule has 0 spiro atoms. The van der Waals surface area contributed by atoms with Gasteiger partial charge in [-0.25, -0.2) is 0 Å². The standard InChI is InChI=1S/C25H26N2O2S/c1-4-22(19-11-7-17(2)8-12-19)26-25(29)23(16-21-6-5-15-30-21)27-24(28)20-13-9-18(3)10-14-20/h5-16,22H,4H2,1-3H3,(H,26,29)(H,27,28)/b23-16-. The zero-order valence-electron chi connectivity index (χ0n) is 17.4. The minimum absolute atomic E-state index is 0.138. The van der Waals surface area contributed by atoms with Crippen molar-refractivity contribution >= 4 is 29.2 Å². The summed E-state index contributed by atoms with van der Waals surface area (Å²) in [5.74, 6) is -0.618. The lowest BCUT2D eigenvalue weighted by atomic mass is 10.0. The summed E-state index contributed by atoms with van der Waals surface area (Å²) in [5, 5.41) is 7.80. The average Bonchev–Trinajstić information content (AvgIpc) is 3.25. The number of carbonyl (C=O) groups excluding carboxylic acids is 2. The molecule has 0 aliphatic carbocycles. The second kappa shape index (κ2) is 10.0. The maximum Gasteiger partial charge on any atom is 0.268 e. The van der Waals surface area contributed by atoms with E-state index in [1.165, 1.54) is 16.9 Å². The summed E-state index contributed by atoms with van der Waals surface area (Å²) in [6.45, 7) is 6.03. The van der Waals surface area contributed by atoms with E-state index in [2.05, 4.69) is 10.6 Å². The van der Waals surface area contributed by atoms with Gasteiger partial charge in [0.1, 0.15) is 5.70 Å². The van der Waals surface area contributed by atoms with Gasteiger partial charge in [-0.1, -0.05) is 60.5 Å². The molecule has 0 saturated carbocycles. The smallest absolute Gasteiger partial charge is 0.268 e. The van der Waals surface area contributed by atoms with Crippen LogP contribution in [0.25, 0.3) is 6.08 Å². The first-order chi connectivity index (χ1) is 14.5. The Hall–Kier alpha value is -3.18. The highest BCUT2D eigenvalue weighted by Crippen LogP contribution is 2.19. The van der Waals surface area contributed by atoms with Crippen LogP contribution in [0, 0.1) is 13.8 Å². The maximum absolute atomic E-state index is 13.1. The molecule has 3 aromatic rings. The Labute approximate surface area is 181 Å². The first-order valence-electron chi connectivity index (χ1n) is 9.97. The predicted octanol–water partition coefficient (Wildman–Crippen LogP) is 5.40. The number of amides is 2. The van der Waals surface area contributed by atoms with Crippen LogP contribution in [-0.4, -0.2) is 11.8 Å². The highest BCUT2D eigenvalue weighted by Gasteiger charge is 2.19. The fraction of sp³-hybridized carbons (Fsp3) is 0.200. The number of carbonyl (C=O) groups is 2. The molecule has 1 heterocycles. The van der Waals surface area contributed by atoms with Crippen LogP contribution >= 0.6 is 11.3 Å². The third-order valence-corrected chi connectivity index (χ3v) is 5.65. The van der Waals surface area contributed by atoms with Gasteiger partial charge in [0.15, 0.2) is 0 Å². The van der Waals surface area contributed by atoms with E-state index in [9.17, 15) is 9.59 Å². The van der Waals surface area contributed by atoms with Crippen LogP contribution in [-0.2, 0) is 4.79 Å². The van der Waals surface area contributed by atoms with Gasteiger partial charge in [-0.15, -0.1) is 11.3 Å².